The Morgan fingerprint density at radius 3 is 2.78 bits per heavy atom. The number of hydrogen-bond donors (Lipinski definition) is 3. The lowest BCUT2D eigenvalue weighted by Gasteiger charge is -2.08. The van der Waals surface area contributed by atoms with E-state index >= 15 is 0 Å². The number of anilines is 1. The number of nitrogens with one attached hydrogen (secondary N) is 1. The van der Waals surface area contributed by atoms with E-state index in [1.807, 2.05) is 0 Å². The summed E-state index contributed by atoms with van der Waals surface area (Å²) in [7, 11) is 0. The fraction of sp³-hybridized carbons (Fsp3) is 0.167. The summed E-state index contributed by atoms with van der Waals surface area (Å²) in [5, 5.41) is 20.5. The van der Waals surface area contributed by atoms with Gasteiger partial charge in [0.2, 0.25) is 0 Å². The third kappa shape index (κ3) is 4.17. The van der Waals surface area contributed by atoms with Crippen LogP contribution in [0.1, 0.15) is 5.56 Å². The predicted octanol–water partition coefficient (Wildman–Crippen LogP) is 1.75. The van der Waals surface area contributed by atoms with Gasteiger partial charge in [0, 0.05) is 0 Å². The number of ether oxygens (including phenoxy) is 1. The molecule has 0 spiro atoms. The molecule has 0 bridgehead atoms. The van der Waals surface area contributed by atoms with Crippen molar-refractivity contribution in [2.45, 2.75) is 6.42 Å². The number of carbonyl (C=O) groups is 2. The zero-order chi connectivity index (χ0) is 13.5. The van der Waals surface area contributed by atoms with Crippen LogP contribution in [-0.4, -0.2) is 28.9 Å². The maximum Gasteiger partial charge on any atom is 0.412 e. The van der Waals surface area contributed by atoms with Crippen LogP contribution in [0.3, 0.4) is 0 Å². The lowest BCUT2D eigenvalue weighted by molar-refractivity contribution is -0.136. The first-order valence-corrected chi connectivity index (χ1v) is 5.11. The van der Waals surface area contributed by atoms with E-state index in [1.165, 1.54) is 24.3 Å². The van der Waals surface area contributed by atoms with Crippen molar-refractivity contribution < 1.29 is 24.5 Å². The van der Waals surface area contributed by atoms with Crippen LogP contribution >= 0.6 is 0 Å². The Balaban J connectivity index is 2.77. The molecule has 0 saturated heterocycles. The first-order valence-electron chi connectivity index (χ1n) is 5.11. The molecule has 0 saturated carbocycles. The molecule has 1 rings (SSSR count). The van der Waals surface area contributed by atoms with Crippen molar-refractivity contribution in [2.75, 3.05) is 11.9 Å². The molecule has 0 aliphatic carbocycles. The monoisotopic (exact) mass is 251 g/mol. The quantitative estimate of drug-likeness (QED) is 0.547. The number of phenols is 1. The molecule has 1 amide bonds. The summed E-state index contributed by atoms with van der Waals surface area (Å²) in [5.41, 5.74) is 0.558. The first-order chi connectivity index (χ1) is 8.52. The highest BCUT2D eigenvalue weighted by Gasteiger charge is 2.09. The van der Waals surface area contributed by atoms with Crippen molar-refractivity contribution >= 4 is 17.7 Å². The van der Waals surface area contributed by atoms with Gasteiger partial charge in [-0.25, -0.2) is 4.79 Å². The Morgan fingerprint density at radius 2 is 2.17 bits per heavy atom. The zero-order valence-corrected chi connectivity index (χ0v) is 9.55. The second-order valence-electron chi connectivity index (χ2n) is 3.43. The largest absolute Gasteiger partial charge is 0.506 e. The molecule has 0 heterocycles. The van der Waals surface area contributed by atoms with Gasteiger partial charge in [0.1, 0.15) is 12.4 Å². The number of carboxylic acid groups (broad SMARTS) is 1. The Hall–Kier alpha value is -2.50. The molecule has 0 aliphatic rings. The number of amides is 1. The van der Waals surface area contributed by atoms with E-state index in [0.29, 0.717) is 5.56 Å². The summed E-state index contributed by atoms with van der Waals surface area (Å²) in [6, 6.07) is 4.14. The van der Waals surface area contributed by atoms with Gasteiger partial charge in [-0.3, -0.25) is 10.1 Å². The number of hydrogen-bond acceptors (Lipinski definition) is 4. The fourth-order valence-corrected chi connectivity index (χ4v) is 1.25. The van der Waals surface area contributed by atoms with Crippen LogP contribution in [0.15, 0.2) is 30.9 Å². The fourth-order valence-electron chi connectivity index (χ4n) is 1.25. The maximum absolute atomic E-state index is 11.2. The van der Waals surface area contributed by atoms with E-state index in [-0.39, 0.29) is 24.5 Å². The first kappa shape index (κ1) is 13.6. The molecule has 0 aliphatic heterocycles. The zero-order valence-electron chi connectivity index (χ0n) is 9.55. The number of phenolic OH excluding ortho intramolecular Hbond substituents is 1. The maximum atomic E-state index is 11.2. The molecule has 96 valence electrons. The minimum atomic E-state index is -0.999. The van der Waals surface area contributed by atoms with Crippen molar-refractivity contribution in [3.05, 3.63) is 36.4 Å². The van der Waals surface area contributed by atoms with E-state index in [9.17, 15) is 14.7 Å². The number of carbonyl (C=O) groups excluding carboxylic acids is 1. The van der Waals surface area contributed by atoms with Crippen LogP contribution in [-0.2, 0) is 16.0 Å². The van der Waals surface area contributed by atoms with Crippen molar-refractivity contribution in [1.82, 2.24) is 0 Å². The SMILES string of the molecule is C=CCOC(=O)Nc1cc(CC(=O)O)ccc1O. The molecule has 0 atom stereocenters. The Labute approximate surface area is 104 Å². The number of aliphatic carboxylic acids is 1. The average Bonchev–Trinajstić information content (AvgIpc) is 2.30. The average molecular weight is 251 g/mol. The van der Waals surface area contributed by atoms with Crippen molar-refractivity contribution in [3.63, 3.8) is 0 Å². The molecule has 6 nitrogen and oxygen atoms in total. The van der Waals surface area contributed by atoms with Gasteiger partial charge in [0.25, 0.3) is 0 Å². The molecule has 18 heavy (non-hydrogen) atoms. The Morgan fingerprint density at radius 1 is 1.44 bits per heavy atom. The van der Waals surface area contributed by atoms with Crippen LogP contribution in [0.25, 0.3) is 0 Å². The molecule has 3 N–H and O–H groups in total. The topological polar surface area (TPSA) is 95.9 Å². The molecular weight excluding hydrogens is 238 g/mol. The molecule has 0 aromatic heterocycles. The van der Waals surface area contributed by atoms with Crippen molar-refractivity contribution in [1.29, 1.82) is 0 Å². The lowest BCUT2D eigenvalue weighted by Crippen LogP contribution is -2.14. The van der Waals surface area contributed by atoms with E-state index in [1.54, 1.807) is 0 Å². The highest BCUT2D eigenvalue weighted by molar-refractivity contribution is 5.87. The number of benzene rings is 1. The van der Waals surface area contributed by atoms with E-state index in [4.69, 9.17) is 5.11 Å². The van der Waals surface area contributed by atoms with Gasteiger partial charge in [-0.05, 0) is 17.7 Å². The van der Waals surface area contributed by atoms with E-state index in [2.05, 4.69) is 16.6 Å². The molecule has 6 heteroatoms. The second-order valence-corrected chi connectivity index (χ2v) is 3.43. The number of aromatic hydroxyl groups is 1. The van der Waals surface area contributed by atoms with Gasteiger partial charge in [0.15, 0.2) is 0 Å². The molecule has 1 aromatic carbocycles. The summed E-state index contributed by atoms with van der Waals surface area (Å²) < 4.78 is 4.68. The van der Waals surface area contributed by atoms with Gasteiger partial charge < -0.3 is 14.9 Å². The third-order valence-corrected chi connectivity index (χ3v) is 1.99. The molecule has 0 unspecified atom stereocenters. The van der Waals surface area contributed by atoms with Gasteiger partial charge >= 0.3 is 12.1 Å². The predicted molar refractivity (Wildman–Crippen MR) is 64.6 cm³/mol. The standard InChI is InChI=1S/C12H13NO5/c1-2-5-18-12(17)13-9-6-8(7-11(15)16)3-4-10(9)14/h2-4,6,14H,1,5,7H2,(H,13,17)(H,15,16). The van der Waals surface area contributed by atoms with Crippen LogP contribution in [0, 0.1) is 0 Å². The van der Waals surface area contributed by atoms with Gasteiger partial charge in [-0.2, -0.15) is 0 Å². The van der Waals surface area contributed by atoms with Gasteiger partial charge in [-0.1, -0.05) is 18.7 Å². The summed E-state index contributed by atoms with van der Waals surface area (Å²) in [6.45, 7) is 3.43. The minimum Gasteiger partial charge on any atom is -0.506 e. The Bertz CT molecular complexity index is 470. The lowest BCUT2D eigenvalue weighted by atomic mass is 10.1. The van der Waals surface area contributed by atoms with Gasteiger partial charge in [0.05, 0.1) is 12.1 Å². The van der Waals surface area contributed by atoms with Crippen LogP contribution in [0.4, 0.5) is 10.5 Å². The minimum absolute atomic E-state index is 0.0431. The summed E-state index contributed by atoms with van der Waals surface area (Å²) in [4.78, 5) is 21.8. The van der Waals surface area contributed by atoms with Crippen LogP contribution < -0.4 is 5.32 Å². The summed E-state index contributed by atoms with van der Waals surface area (Å²) in [5.74, 6) is -1.17. The summed E-state index contributed by atoms with van der Waals surface area (Å²) in [6.07, 6.45) is 0.453. The highest BCUT2D eigenvalue weighted by atomic mass is 16.5. The number of carboxylic acids is 1. The van der Waals surface area contributed by atoms with E-state index in [0.717, 1.165) is 0 Å². The molecule has 0 fully saturated rings. The van der Waals surface area contributed by atoms with Crippen molar-refractivity contribution in [3.8, 4) is 5.75 Å². The normalized spacial score (nSPS) is 9.56. The highest BCUT2D eigenvalue weighted by Crippen LogP contribution is 2.24. The number of rotatable bonds is 5. The second kappa shape index (κ2) is 6.29. The molecular formula is C12H13NO5. The Kier molecular flexibility index (Phi) is 4.74. The molecule has 0 radical (unpaired) electrons. The van der Waals surface area contributed by atoms with Gasteiger partial charge in [-0.15, -0.1) is 0 Å². The summed E-state index contributed by atoms with van der Waals surface area (Å²) >= 11 is 0. The van der Waals surface area contributed by atoms with E-state index < -0.39 is 12.1 Å². The molecule has 1 aromatic rings. The smallest absolute Gasteiger partial charge is 0.412 e. The third-order valence-electron chi connectivity index (χ3n) is 1.99. The van der Waals surface area contributed by atoms with Crippen LogP contribution in [0.5, 0.6) is 5.75 Å². The van der Waals surface area contributed by atoms with Crippen molar-refractivity contribution in [2.24, 2.45) is 0 Å². The van der Waals surface area contributed by atoms with Crippen LogP contribution in [0.2, 0.25) is 0 Å².